The highest BCUT2D eigenvalue weighted by Crippen LogP contribution is 2.36. The van der Waals surface area contributed by atoms with Crippen molar-refractivity contribution in [2.45, 2.75) is 26.9 Å². The number of benzene rings is 1. The van der Waals surface area contributed by atoms with Crippen LogP contribution in [-0.4, -0.2) is 54.2 Å². The summed E-state index contributed by atoms with van der Waals surface area (Å²) in [5, 5.41) is 0. The van der Waals surface area contributed by atoms with Gasteiger partial charge in [0.1, 0.15) is 17.5 Å². The molecule has 0 unspecified atom stereocenters. The second kappa shape index (κ2) is 10.1. The number of nitrogens with zero attached hydrogens (tertiary/aromatic N) is 6. The smallest absolute Gasteiger partial charge is 0.353 e. The number of alkyl halides is 3. The molecule has 10 heteroatoms. The van der Waals surface area contributed by atoms with E-state index in [1.807, 2.05) is 29.7 Å². The van der Waals surface area contributed by atoms with E-state index in [4.69, 9.17) is 9.97 Å². The number of anilines is 3. The fraction of sp³-hybridized carbons (Fsp3) is 0.400. The maximum Gasteiger partial charge on any atom is 0.419 e. The molecule has 0 N–H and O–H groups in total. The van der Waals surface area contributed by atoms with Crippen molar-refractivity contribution in [2.24, 2.45) is 0 Å². The lowest BCUT2D eigenvalue weighted by Gasteiger charge is -2.37. The molecule has 0 aliphatic carbocycles. The lowest BCUT2D eigenvalue weighted by atomic mass is 10.1. The van der Waals surface area contributed by atoms with E-state index in [2.05, 4.69) is 4.98 Å². The molecule has 0 atom stereocenters. The molecule has 6 nitrogen and oxygen atoms in total. The zero-order valence-electron chi connectivity index (χ0n) is 20.0. The molecule has 0 amide bonds. The molecule has 186 valence electrons. The molecular weight excluding hydrogens is 460 g/mol. The van der Waals surface area contributed by atoms with E-state index in [-0.39, 0.29) is 11.6 Å². The molecule has 0 spiro atoms. The molecule has 4 rings (SSSR count). The van der Waals surface area contributed by atoms with Gasteiger partial charge in [-0.05, 0) is 56.7 Å². The van der Waals surface area contributed by atoms with Gasteiger partial charge in [-0.2, -0.15) is 18.2 Å². The van der Waals surface area contributed by atoms with Crippen LogP contribution in [0.3, 0.4) is 0 Å². The van der Waals surface area contributed by atoms with Gasteiger partial charge in [-0.25, -0.2) is 14.4 Å². The van der Waals surface area contributed by atoms with Crippen LogP contribution in [0.15, 0.2) is 42.6 Å². The van der Waals surface area contributed by atoms with Gasteiger partial charge in [-0.3, -0.25) is 0 Å². The Bertz CT molecular complexity index is 1170. The summed E-state index contributed by atoms with van der Waals surface area (Å²) < 4.78 is 54.3. The molecular formula is C25H28F4N6. The second-order valence-corrected chi connectivity index (χ2v) is 8.39. The van der Waals surface area contributed by atoms with Gasteiger partial charge in [0, 0.05) is 57.1 Å². The predicted molar refractivity (Wildman–Crippen MR) is 129 cm³/mol. The zero-order chi connectivity index (χ0) is 25.2. The monoisotopic (exact) mass is 488 g/mol. The Hall–Kier alpha value is -3.43. The van der Waals surface area contributed by atoms with Crippen LogP contribution in [0.4, 0.5) is 35.1 Å². The van der Waals surface area contributed by atoms with Crippen molar-refractivity contribution in [3.63, 3.8) is 0 Å². The van der Waals surface area contributed by atoms with Gasteiger partial charge in [-0.1, -0.05) is 0 Å². The summed E-state index contributed by atoms with van der Waals surface area (Å²) in [4.78, 5) is 19.3. The molecule has 0 bridgehead atoms. The average molecular weight is 489 g/mol. The quantitative estimate of drug-likeness (QED) is 0.446. The Morgan fingerprint density at radius 1 is 0.943 bits per heavy atom. The lowest BCUT2D eigenvalue weighted by molar-refractivity contribution is -0.137. The molecule has 1 aromatic carbocycles. The molecule has 35 heavy (non-hydrogen) atoms. The van der Waals surface area contributed by atoms with Crippen LogP contribution in [0, 0.1) is 12.7 Å². The van der Waals surface area contributed by atoms with Crippen LogP contribution >= 0.6 is 0 Å². The fourth-order valence-corrected chi connectivity index (χ4v) is 4.20. The number of aryl methyl sites for hydroxylation is 1. The third-order valence-electron chi connectivity index (χ3n) is 6.20. The SMILES string of the molecule is CCN(CC)c1nc(-c2ccc(F)c(C)c2)cc(N2CCN(c3ncccc3C(F)(F)F)CC2)n1. The third kappa shape index (κ3) is 5.31. The zero-order valence-corrected chi connectivity index (χ0v) is 20.0. The van der Waals surface area contributed by atoms with Gasteiger partial charge in [0.15, 0.2) is 0 Å². The highest BCUT2D eigenvalue weighted by atomic mass is 19.4. The maximum atomic E-state index is 13.9. The first-order valence-corrected chi connectivity index (χ1v) is 11.6. The van der Waals surface area contributed by atoms with Gasteiger partial charge in [0.2, 0.25) is 5.95 Å². The highest BCUT2D eigenvalue weighted by Gasteiger charge is 2.36. The molecule has 1 saturated heterocycles. The third-order valence-corrected chi connectivity index (χ3v) is 6.20. The van der Waals surface area contributed by atoms with Crippen LogP contribution < -0.4 is 14.7 Å². The van der Waals surface area contributed by atoms with Crippen molar-refractivity contribution in [2.75, 3.05) is 54.0 Å². The van der Waals surface area contributed by atoms with Gasteiger partial charge in [0.25, 0.3) is 0 Å². The second-order valence-electron chi connectivity index (χ2n) is 8.39. The van der Waals surface area contributed by atoms with Crippen LogP contribution in [-0.2, 0) is 6.18 Å². The minimum Gasteiger partial charge on any atom is -0.353 e. The van der Waals surface area contributed by atoms with Crippen molar-refractivity contribution in [3.05, 3.63) is 59.5 Å². The van der Waals surface area contributed by atoms with Crippen molar-refractivity contribution in [1.29, 1.82) is 0 Å². The van der Waals surface area contributed by atoms with Gasteiger partial charge in [0.05, 0.1) is 11.3 Å². The van der Waals surface area contributed by atoms with E-state index in [0.717, 1.165) is 24.7 Å². The summed E-state index contributed by atoms with van der Waals surface area (Å²) in [6.45, 7) is 8.87. The summed E-state index contributed by atoms with van der Waals surface area (Å²) in [5.74, 6) is 0.927. The first-order valence-electron chi connectivity index (χ1n) is 11.6. The molecule has 2 aromatic heterocycles. The largest absolute Gasteiger partial charge is 0.419 e. The standard InChI is InChI=1S/C25H28F4N6/c1-4-33(5-2)24-31-21(18-8-9-20(26)17(3)15-18)16-22(32-24)34-11-13-35(14-12-34)23-19(25(27,28)29)7-6-10-30-23/h6-10,15-16H,4-5,11-14H2,1-3H3. The summed E-state index contributed by atoms with van der Waals surface area (Å²) in [5.41, 5.74) is 1.25. The Balaban J connectivity index is 1.63. The average Bonchev–Trinajstić information content (AvgIpc) is 2.86. The molecule has 1 aliphatic heterocycles. The number of pyridine rings is 1. The van der Waals surface area contributed by atoms with Crippen LogP contribution in [0.25, 0.3) is 11.3 Å². The van der Waals surface area contributed by atoms with E-state index in [1.54, 1.807) is 24.0 Å². The first-order chi connectivity index (χ1) is 16.7. The molecule has 3 aromatic rings. The number of halogens is 4. The van der Waals surface area contributed by atoms with Gasteiger partial charge < -0.3 is 14.7 Å². The maximum absolute atomic E-state index is 13.9. The van der Waals surface area contributed by atoms with Gasteiger partial charge >= 0.3 is 6.18 Å². The minimum atomic E-state index is -4.46. The molecule has 0 radical (unpaired) electrons. The number of hydrogen-bond acceptors (Lipinski definition) is 6. The van der Waals surface area contributed by atoms with E-state index < -0.39 is 11.7 Å². The van der Waals surface area contributed by atoms with E-state index >= 15 is 0 Å². The van der Waals surface area contributed by atoms with E-state index in [0.29, 0.717) is 49.2 Å². The van der Waals surface area contributed by atoms with Crippen LogP contribution in [0.2, 0.25) is 0 Å². The van der Waals surface area contributed by atoms with E-state index in [9.17, 15) is 17.6 Å². The topological polar surface area (TPSA) is 48.4 Å². The molecule has 3 heterocycles. The Morgan fingerprint density at radius 3 is 2.26 bits per heavy atom. The van der Waals surface area contributed by atoms with Crippen molar-refractivity contribution in [3.8, 4) is 11.3 Å². The Kier molecular flexibility index (Phi) is 7.09. The van der Waals surface area contributed by atoms with Crippen LogP contribution in [0.5, 0.6) is 0 Å². The van der Waals surface area contributed by atoms with Crippen molar-refractivity contribution >= 4 is 17.6 Å². The molecule has 0 saturated carbocycles. The normalized spacial score (nSPS) is 14.4. The van der Waals surface area contributed by atoms with Crippen molar-refractivity contribution < 1.29 is 17.6 Å². The summed E-state index contributed by atoms with van der Waals surface area (Å²) in [6, 6.07) is 9.09. The fourth-order valence-electron chi connectivity index (χ4n) is 4.20. The summed E-state index contributed by atoms with van der Waals surface area (Å²) >= 11 is 0. The first kappa shape index (κ1) is 24.7. The highest BCUT2D eigenvalue weighted by molar-refractivity contribution is 5.66. The van der Waals surface area contributed by atoms with Crippen LogP contribution in [0.1, 0.15) is 25.0 Å². The Morgan fingerprint density at radius 2 is 1.63 bits per heavy atom. The predicted octanol–water partition coefficient (Wildman–Crippen LogP) is 5.18. The summed E-state index contributed by atoms with van der Waals surface area (Å²) in [7, 11) is 0. The van der Waals surface area contributed by atoms with E-state index in [1.165, 1.54) is 18.3 Å². The number of rotatable bonds is 6. The molecule has 1 aliphatic rings. The lowest BCUT2D eigenvalue weighted by Crippen LogP contribution is -2.47. The molecule has 1 fully saturated rings. The summed E-state index contributed by atoms with van der Waals surface area (Å²) in [6.07, 6.45) is -3.08. The van der Waals surface area contributed by atoms with Crippen molar-refractivity contribution in [1.82, 2.24) is 15.0 Å². The Labute approximate surface area is 202 Å². The number of piperazine rings is 1. The number of hydrogen-bond donors (Lipinski definition) is 0. The number of aromatic nitrogens is 3. The van der Waals surface area contributed by atoms with Gasteiger partial charge in [-0.15, -0.1) is 0 Å². The minimum absolute atomic E-state index is 0.0476.